The molecule has 1 saturated heterocycles. The highest BCUT2D eigenvalue weighted by Gasteiger charge is 2.26. The number of hydrogen-bond acceptors (Lipinski definition) is 3. The molecular weight excluding hydrogens is 252 g/mol. The van der Waals surface area contributed by atoms with Crippen LogP contribution >= 0.6 is 0 Å². The van der Waals surface area contributed by atoms with E-state index in [-0.39, 0.29) is 12.0 Å². The molecule has 0 spiro atoms. The molecule has 1 heterocycles. The summed E-state index contributed by atoms with van der Waals surface area (Å²) in [6.07, 6.45) is 1.49. The van der Waals surface area contributed by atoms with Crippen molar-refractivity contribution in [2.24, 2.45) is 5.92 Å². The zero-order valence-corrected chi connectivity index (χ0v) is 12.3. The minimum absolute atomic E-state index is 0.0885. The van der Waals surface area contributed by atoms with E-state index in [1.54, 1.807) is 0 Å². The van der Waals surface area contributed by atoms with Gasteiger partial charge in [-0.15, -0.1) is 0 Å². The monoisotopic (exact) mass is 276 g/mol. The molecule has 110 valence electrons. The average Bonchev–Trinajstić information content (AvgIpc) is 2.47. The molecule has 4 nitrogen and oxygen atoms in total. The van der Waals surface area contributed by atoms with Gasteiger partial charge in [0.25, 0.3) is 5.91 Å². The minimum atomic E-state index is -0.277. The number of piperidine rings is 1. The van der Waals surface area contributed by atoms with Crippen LogP contribution in [0.4, 0.5) is 5.69 Å². The maximum atomic E-state index is 12.6. The lowest BCUT2D eigenvalue weighted by Gasteiger charge is -2.33. The van der Waals surface area contributed by atoms with Gasteiger partial charge in [-0.3, -0.25) is 4.79 Å². The number of rotatable bonds is 4. The van der Waals surface area contributed by atoms with E-state index in [1.807, 2.05) is 43.0 Å². The van der Waals surface area contributed by atoms with Crippen molar-refractivity contribution in [1.29, 1.82) is 0 Å². The van der Waals surface area contributed by atoms with Crippen LogP contribution < -0.4 is 5.32 Å². The Kier molecular flexibility index (Phi) is 5.01. The highest BCUT2D eigenvalue weighted by Crippen LogP contribution is 2.24. The molecule has 1 aromatic carbocycles. The Balaban J connectivity index is 2.05. The second-order valence-corrected chi connectivity index (χ2v) is 5.45. The van der Waals surface area contributed by atoms with Gasteiger partial charge in [0.05, 0.1) is 11.7 Å². The molecule has 0 radical (unpaired) electrons. The number of amides is 1. The van der Waals surface area contributed by atoms with Crippen molar-refractivity contribution >= 4 is 11.6 Å². The molecule has 4 heteroatoms. The van der Waals surface area contributed by atoms with Crippen LogP contribution in [-0.2, 0) is 0 Å². The summed E-state index contributed by atoms with van der Waals surface area (Å²) < 4.78 is 0. The number of anilines is 1. The van der Waals surface area contributed by atoms with E-state index in [9.17, 15) is 9.90 Å². The Hall–Kier alpha value is -1.55. The van der Waals surface area contributed by atoms with Gasteiger partial charge in [-0.25, -0.2) is 0 Å². The van der Waals surface area contributed by atoms with Gasteiger partial charge in [0.1, 0.15) is 0 Å². The Labute approximate surface area is 120 Å². The number of nitrogens with zero attached hydrogens (tertiary/aromatic N) is 1. The number of aliphatic hydroxyl groups is 1. The maximum absolute atomic E-state index is 12.6. The summed E-state index contributed by atoms with van der Waals surface area (Å²) in [5, 5.41) is 12.9. The Bertz CT molecular complexity index is 452. The quantitative estimate of drug-likeness (QED) is 0.887. The van der Waals surface area contributed by atoms with Crippen molar-refractivity contribution in [2.75, 3.05) is 25.0 Å². The van der Waals surface area contributed by atoms with E-state index in [1.165, 1.54) is 0 Å². The molecule has 1 aromatic rings. The molecule has 20 heavy (non-hydrogen) atoms. The molecular formula is C16H24N2O2. The molecule has 0 bridgehead atoms. The number of carbonyl (C=O) groups is 1. The maximum Gasteiger partial charge on any atom is 0.255 e. The number of benzene rings is 1. The van der Waals surface area contributed by atoms with Gasteiger partial charge in [-0.1, -0.05) is 12.1 Å². The molecule has 0 aromatic heterocycles. The molecule has 0 saturated carbocycles. The van der Waals surface area contributed by atoms with Crippen molar-refractivity contribution < 1.29 is 9.90 Å². The molecule has 2 rings (SSSR count). The minimum Gasteiger partial charge on any atom is -0.393 e. The molecule has 1 fully saturated rings. The van der Waals surface area contributed by atoms with Crippen molar-refractivity contribution in [3.05, 3.63) is 29.8 Å². The molecule has 1 atom stereocenters. The smallest absolute Gasteiger partial charge is 0.255 e. The first-order valence-electron chi connectivity index (χ1n) is 7.43. The van der Waals surface area contributed by atoms with Crippen molar-refractivity contribution in [1.82, 2.24) is 4.90 Å². The molecule has 1 unspecified atom stereocenters. The van der Waals surface area contributed by atoms with Crippen molar-refractivity contribution in [2.45, 2.75) is 32.8 Å². The second-order valence-electron chi connectivity index (χ2n) is 5.45. The van der Waals surface area contributed by atoms with Crippen molar-refractivity contribution in [3.63, 3.8) is 0 Å². The van der Waals surface area contributed by atoms with Crippen LogP contribution in [0.5, 0.6) is 0 Å². The standard InChI is InChI=1S/C16H24N2O2/c1-3-17-15-7-5-4-6-14(15)16(20)18-10-8-13(9-11-18)12(2)19/h4-7,12-13,17,19H,3,8-11H2,1-2H3. The van der Waals surface area contributed by atoms with E-state index in [0.29, 0.717) is 5.92 Å². The average molecular weight is 276 g/mol. The van der Waals surface area contributed by atoms with Crippen LogP contribution in [0.25, 0.3) is 0 Å². The third kappa shape index (κ3) is 3.31. The fraction of sp³-hybridized carbons (Fsp3) is 0.562. The van der Waals surface area contributed by atoms with Crippen LogP contribution in [0, 0.1) is 5.92 Å². The number of likely N-dealkylation sites (tertiary alicyclic amines) is 1. The third-order valence-corrected chi connectivity index (χ3v) is 4.03. The number of hydrogen-bond donors (Lipinski definition) is 2. The van der Waals surface area contributed by atoms with Gasteiger partial charge < -0.3 is 15.3 Å². The van der Waals surface area contributed by atoms with Crippen LogP contribution in [-0.4, -0.2) is 41.7 Å². The zero-order valence-electron chi connectivity index (χ0n) is 12.3. The first kappa shape index (κ1) is 14.9. The number of para-hydroxylation sites is 1. The Morgan fingerprint density at radius 1 is 1.40 bits per heavy atom. The molecule has 2 N–H and O–H groups in total. The van der Waals surface area contributed by atoms with Gasteiger partial charge in [-0.05, 0) is 44.7 Å². The van der Waals surface area contributed by atoms with Crippen LogP contribution in [0.2, 0.25) is 0 Å². The van der Waals surface area contributed by atoms with Gasteiger partial charge >= 0.3 is 0 Å². The number of nitrogens with one attached hydrogen (secondary N) is 1. The first-order valence-corrected chi connectivity index (χ1v) is 7.43. The molecule has 1 amide bonds. The van der Waals surface area contributed by atoms with E-state index >= 15 is 0 Å². The SMILES string of the molecule is CCNc1ccccc1C(=O)N1CCC(C(C)O)CC1. The van der Waals surface area contributed by atoms with E-state index in [4.69, 9.17) is 0 Å². The van der Waals surface area contributed by atoms with E-state index in [0.717, 1.165) is 43.7 Å². The predicted molar refractivity (Wildman–Crippen MR) is 80.9 cm³/mol. The Morgan fingerprint density at radius 3 is 2.65 bits per heavy atom. The lowest BCUT2D eigenvalue weighted by atomic mass is 9.92. The fourth-order valence-electron chi connectivity index (χ4n) is 2.77. The lowest BCUT2D eigenvalue weighted by molar-refractivity contribution is 0.0522. The van der Waals surface area contributed by atoms with Crippen LogP contribution in [0.15, 0.2) is 24.3 Å². The molecule has 1 aliphatic heterocycles. The van der Waals surface area contributed by atoms with Gasteiger partial charge in [0.2, 0.25) is 0 Å². The number of aliphatic hydroxyl groups excluding tert-OH is 1. The first-order chi connectivity index (χ1) is 9.63. The second kappa shape index (κ2) is 6.75. The third-order valence-electron chi connectivity index (χ3n) is 4.03. The van der Waals surface area contributed by atoms with Gasteiger partial charge in [0.15, 0.2) is 0 Å². The number of carbonyl (C=O) groups excluding carboxylic acids is 1. The van der Waals surface area contributed by atoms with Crippen molar-refractivity contribution in [3.8, 4) is 0 Å². The largest absolute Gasteiger partial charge is 0.393 e. The summed E-state index contributed by atoms with van der Waals surface area (Å²) in [6.45, 7) is 6.12. The van der Waals surface area contributed by atoms with E-state index < -0.39 is 0 Å². The fourth-order valence-corrected chi connectivity index (χ4v) is 2.77. The highest BCUT2D eigenvalue weighted by atomic mass is 16.3. The molecule has 0 aliphatic carbocycles. The predicted octanol–water partition coefficient (Wildman–Crippen LogP) is 2.35. The summed E-state index contributed by atoms with van der Waals surface area (Å²) in [7, 11) is 0. The summed E-state index contributed by atoms with van der Waals surface area (Å²) in [4.78, 5) is 14.5. The zero-order chi connectivity index (χ0) is 14.5. The van der Waals surface area contributed by atoms with Gasteiger partial charge in [0, 0.05) is 25.3 Å². The summed E-state index contributed by atoms with van der Waals surface area (Å²) in [5.41, 5.74) is 1.64. The molecule has 1 aliphatic rings. The lowest BCUT2D eigenvalue weighted by Crippen LogP contribution is -2.40. The van der Waals surface area contributed by atoms with Gasteiger partial charge in [-0.2, -0.15) is 0 Å². The summed E-state index contributed by atoms with van der Waals surface area (Å²) in [6, 6.07) is 7.66. The normalized spacial score (nSPS) is 17.9. The topological polar surface area (TPSA) is 52.6 Å². The summed E-state index contributed by atoms with van der Waals surface area (Å²) in [5.74, 6) is 0.411. The highest BCUT2D eigenvalue weighted by molar-refractivity contribution is 5.99. The summed E-state index contributed by atoms with van der Waals surface area (Å²) >= 11 is 0. The Morgan fingerprint density at radius 2 is 2.05 bits per heavy atom. The van der Waals surface area contributed by atoms with Crippen LogP contribution in [0.3, 0.4) is 0 Å². The van der Waals surface area contributed by atoms with E-state index in [2.05, 4.69) is 5.32 Å². The van der Waals surface area contributed by atoms with Crippen LogP contribution in [0.1, 0.15) is 37.0 Å².